The van der Waals surface area contributed by atoms with Gasteiger partial charge in [0.15, 0.2) is 0 Å². The molecule has 0 radical (unpaired) electrons. The first-order valence-corrected chi connectivity index (χ1v) is 11.1. The Balaban J connectivity index is 1.48. The van der Waals surface area contributed by atoms with Crippen LogP contribution in [0.3, 0.4) is 0 Å². The summed E-state index contributed by atoms with van der Waals surface area (Å²) in [5.41, 5.74) is -1.35. The van der Waals surface area contributed by atoms with Crippen molar-refractivity contribution in [3.05, 3.63) is 24.3 Å². The second-order valence-corrected chi connectivity index (χ2v) is 8.47. The maximum absolute atomic E-state index is 10.6. The number of allylic oxidation sites excluding steroid dienone is 2. The van der Waals surface area contributed by atoms with E-state index in [1.165, 1.54) is 69.9 Å². The predicted molar refractivity (Wildman–Crippen MR) is 109 cm³/mol. The maximum Gasteiger partial charge on any atom is 0.215 e. The number of rotatable bonds is 13. The van der Waals surface area contributed by atoms with Gasteiger partial charge in [0.2, 0.25) is 5.79 Å². The minimum Gasteiger partial charge on any atom is -0.389 e. The van der Waals surface area contributed by atoms with Crippen LogP contribution in [-0.2, 0) is 4.74 Å². The maximum atomic E-state index is 10.6. The molecular formula is C23H40O4. The van der Waals surface area contributed by atoms with Crippen LogP contribution in [0.15, 0.2) is 24.3 Å². The molecule has 1 saturated heterocycles. The summed E-state index contributed by atoms with van der Waals surface area (Å²) in [7, 11) is 0. The normalized spacial score (nSPS) is 33.0. The van der Waals surface area contributed by atoms with E-state index >= 15 is 0 Å². The average molecular weight is 381 g/mol. The SMILES string of the molecule is CCCCCCC=CCCCCCCCC1CC2(O)CC(O)C=CC2(O)O1. The van der Waals surface area contributed by atoms with Gasteiger partial charge < -0.3 is 20.1 Å². The van der Waals surface area contributed by atoms with Crippen LogP contribution in [0.4, 0.5) is 0 Å². The van der Waals surface area contributed by atoms with Crippen LogP contribution in [0, 0.1) is 0 Å². The molecule has 4 nitrogen and oxygen atoms in total. The third kappa shape index (κ3) is 7.01. The van der Waals surface area contributed by atoms with Crippen molar-refractivity contribution in [1.82, 2.24) is 0 Å². The Morgan fingerprint density at radius 3 is 2.26 bits per heavy atom. The van der Waals surface area contributed by atoms with Crippen LogP contribution < -0.4 is 0 Å². The summed E-state index contributed by atoms with van der Waals surface area (Å²) < 4.78 is 5.71. The van der Waals surface area contributed by atoms with Gasteiger partial charge in [0, 0.05) is 12.8 Å². The van der Waals surface area contributed by atoms with Gasteiger partial charge in [0.1, 0.15) is 5.60 Å². The third-order valence-electron chi connectivity index (χ3n) is 5.96. The average Bonchev–Trinajstić information content (AvgIpc) is 2.89. The fraction of sp³-hybridized carbons (Fsp3) is 0.826. The van der Waals surface area contributed by atoms with Crippen LogP contribution in [0.5, 0.6) is 0 Å². The highest BCUT2D eigenvalue weighted by molar-refractivity contribution is 5.18. The molecule has 0 aromatic heterocycles. The van der Waals surface area contributed by atoms with Gasteiger partial charge in [-0.15, -0.1) is 0 Å². The molecule has 27 heavy (non-hydrogen) atoms. The molecule has 0 aromatic carbocycles. The zero-order valence-corrected chi connectivity index (χ0v) is 17.1. The summed E-state index contributed by atoms with van der Waals surface area (Å²) >= 11 is 0. The number of ether oxygens (including phenoxy) is 1. The molecule has 0 amide bonds. The molecule has 1 aliphatic carbocycles. The van der Waals surface area contributed by atoms with Crippen LogP contribution >= 0.6 is 0 Å². The van der Waals surface area contributed by atoms with E-state index < -0.39 is 17.5 Å². The number of hydrogen-bond acceptors (Lipinski definition) is 4. The van der Waals surface area contributed by atoms with Crippen molar-refractivity contribution in [2.45, 2.75) is 120 Å². The summed E-state index contributed by atoms with van der Waals surface area (Å²) in [6, 6.07) is 0. The Hall–Kier alpha value is -0.680. The molecule has 4 heteroatoms. The van der Waals surface area contributed by atoms with Gasteiger partial charge in [0.05, 0.1) is 12.2 Å². The molecule has 0 bridgehead atoms. The molecule has 3 N–H and O–H groups in total. The predicted octanol–water partition coefficient (Wildman–Crippen LogP) is 4.77. The van der Waals surface area contributed by atoms with Gasteiger partial charge in [-0.25, -0.2) is 0 Å². The van der Waals surface area contributed by atoms with Crippen LogP contribution in [0.2, 0.25) is 0 Å². The Bertz CT molecular complexity index is 475. The lowest BCUT2D eigenvalue weighted by atomic mass is 9.80. The molecule has 0 saturated carbocycles. The van der Waals surface area contributed by atoms with Crippen molar-refractivity contribution < 1.29 is 20.1 Å². The first-order chi connectivity index (χ1) is 13.0. The molecule has 156 valence electrons. The fourth-order valence-corrected chi connectivity index (χ4v) is 4.26. The second kappa shape index (κ2) is 11.4. The van der Waals surface area contributed by atoms with Crippen molar-refractivity contribution >= 4 is 0 Å². The zero-order valence-electron chi connectivity index (χ0n) is 17.1. The van der Waals surface area contributed by atoms with Crippen molar-refractivity contribution in [3.8, 4) is 0 Å². The van der Waals surface area contributed by atoms with E-state index in [1.807, 2.05) is 0 Å². The Kier molecular flexibility index (Phi) is 9.51. The van der Waals surface area contributed by atoms with Crippen molar-refractivity contribution in [2.24, 2.45) is 0 Å². The van der Waals surface area contributed by atoms with E-state index in [0.717, 1.165) is 19.3 Å². The van der Waals surface area contributed by atoms with Crippen molar-refractivity contribution in [3.63, 3.8) is 0 Å². The summed E-state index contributed by atoms with van der Waals surface area (Å²) in [6.45, 7) is 2.25. The van der Waals surface area contributed by atoms with Crippen molar-refractivity contribution in [1.29, 1.82) is 0 Å². The Labute approximate surface area is 165 Å². The molecule has 2 rings (SSSR count). The topological polar surface area (TPSA) is 69.9 Å². The van der Waals surface area contributed by atoms with Gasteiger partial charge in [-0.05, 0) is 38.2 Å². The number of fused-ring (bicyclic) bond motifs is 1. The van der Waals surface area contributed by atoms with E-state index in [1.54, 1.807) is 0 Å². The monoisotopic (exact) mass is 380 g/mol. The van der Waals surface area contributed by atoms with Crippen LogP contribution in [0.25, 0.3) is 0 Å². The second-order valence-electron chi connectivity index (χ2n) is 8.47. The van der Waals surface area contributed by atoms with E-state index in [4.69, 9.17) is 4.74 Å². The molecule has 0 spiro atoms. The highest BCUT2D eigenvalue weighted by Gasteiger charge is 2.58. The first kappa shape index (κ1) is 22.6. The molecule has 0 aromatic rings. The first-order valence-electron chi connectivity index (χ1n) is 11.1. The minimum absolute atomic E-state index is 0.134. The van der Waals surface area contributed by atoms with Gasteiger partial charge in [-0.1, -0.05) is 70.1 Å². The minimum atomic E-state index is -1.63. The van der Waals surface area contributed by atoms with Crippen LogP contribution in [-0.4, -0.2) is 38.9 Å². The molecule has 4 unspecified atom stereocenters. The largest absolute Gasteiger partial charge is 0.389 e. The number of aliphatic hydroxyl groups is 3. The molecule has 4 atom stereocenters. The summed E-state index contributed by atoms with van der Waals surface area (Å²) in [4.78, 5) is 0. The quantitative estimate of drug-likeness (QED) is 0.318. The van der Waals surface area contributed by atoms with E-state index in [0.29, 0.717) is 6.42 Å². The third-order valence-corrected chi connectivity index (χ3v) is 5.96. The summed E-state index contributed by atoms with van der Waals surface area (Å²) in [5, 5.41) is 30.8. The van der Waals surface area contributed by atoms with Gasteiger partial charge in [0.25, 0.3) is 0 Å². The van der Waals surface area contributed by atoms with Crippen LogP contribution in [0.1, 0.15) is 96.8 Å². The fourth-order valence-electron chi connectivity index (χ4n) is 4.26. The van der Waals surface area contributed by atoms with E-state index in [9.17, 15) is 15.3 Å². The number of aliphatic hydroxyl groups excluding tert-OH is 1. The highest BCUT2D eigenvalue weighted by Crippen LogP contribution is 2.45. The molecule has 1 aliphatic heterocycles. The summed E-state index contributed by atoms with van der Waals surface area (Å²) in [6.07, 6.45) is 21.9. The summed E-state index contributed by atoms with van der Waals surface area (Å²) in [5.74, 6) is -1.63. The molecule has 1 fully saturated rings. The van der Waals surface area contributed by atoms with E-state index in [2.05, 4.69) is 19.1 Å². The smallest absolute Gasteiger partial charge is 0.215 e. The van der Waals surface area contributed by atoms with Gasteiger partial charge in [-0.3, -0.25) is 0 Å². The lowest BCUT2D eigenvalue weighted by Gasteiger charge is -2.38. The lowest BCUT2D eigenvalue weighted by Crippen LogP contribution is -2.53. The van der Waals surface area contributed by atoms with Gasteiger partial charge >= 0.3 is 0 Å². The molecular weight excluding hydrogens is 340 g/mol. The standard InChI is InChI=1S/C23H40O4/c1-2-3-4-5-6-7-8-9-10-11-12-13-14-15-21-19-22(25)18-20(24)16-17-23(22,26)27-21/h7-8,16-17,20-21,24-26H,2-6,9-15,18-19H2,1H3. The Morgan fingerprint density at radius 1 is 0.926 bits per heavy atom. The van der Waals surface area contributed by atoms with E-state index in [-0.39, 0.29) is 12.5 Å². The lowest BCUT2D eigenvalue weighted by molar-refractivity contribution is -0.241. The molecule has 1 heterocycles. The number of unbranched alkanes of at least 4 members (excludes halogenated alkanes) is 9. The highest BCUT2D eigenvalue weighted by atomic mass is 16.7. The zero-order chi connectivity index (χ0) is 19.6. The molecule has 2 aliphatic rings. The van der Waals surface area contributed by atoms with Crippen molar-refractivity contribution in [2.75, 3.05) is 0 Å². The Morgan fingerprint density at radius 2 is 1.56 bits per heavy atom. The van der Waals surface area contributed by atoms with Gasteiger partial charge in [-0.2, -0.15) is 0 Å². The number of hydrogen-bond donors (Lipinski definition) is 3.